The average molecular weight is 195 g/mol. The molecule has 11 heavy (non-hydrogen) atoms. The van der Waals surface area contributed by atoms with Gasteiger partial charge in [-0.2, -0.15) is 0 Å². The third kappa shape index (κ3) is 2.49. The Morgan fingerprint density at radius 3 is 2.36 bits per heavy atom. The van der Waals surface area contributed by atoms with Gasteiger partial charge < -0.3 is 0 Å². The Kier molecular flexibility index (Phi) is 2.60. The van der Waals surface area contributed by atoms with Gasteiger partial charge in [-0.25, -0.2) is 8.42 Å². The maximum Gasteiger partial charge on any atom is 0.239 e. The van der Waals surface area contributed by atoms with Gasteiger partial charge in [0.1, 0.15) is 0 Å². The molecule has 0 aromatic heterocycles. The second-order valence-electron chi connectivity index (χ2n) is 2.95. The van der Waals surface area contributed by atoms with E-state index in [9.17, 15) is 8.42 Å². The molecule has 0 radical (unpaired) electrons. The molecule has 1 aliphatic carbocycles. The topological polar surface area (TPSA) is 34.1 Å². The summed E-state index contributed by atoms with van der Waals surface area (Å²) in [5, 5.41) is -0.458. The molecule has 0 fully saturated rings. The third-order valence-electron chi connectivity index (χ3n) is 1.92. The normalized spacial score (nSPS) is 32.2. The third-order valence-corrected chi connectivity index (χ3v) is 3.73. The summed E-state index contributed by atoms with van der Waals surface area (Å²) in [6, 6.07) is 0. The molecule has 0 spiro atoms. The predicted molar refractivity (Wildman–Crippen MR) is 46.1 cm³/mol. The Labute approximate surface area is 71.7 Å². The summed E-state index contributed by atoms with van der Waals surface area (Å²) >= 11 is 0. The second-order valence-corrected chi connectivity index (χ2v) is 5.80. The first kappa shape index (κ1) is 9.07. The number of hydrogen-bond acceptors (Lipinski definition) is 2. The molecule has 0 saturated heterocycles. The van der Waals surface area contributed by atoms with Crippen LogP contribution in [0.15, 0.2) is 12.2 Å². The summed E-state index contributed by atoms with van der Waals surface area (Å²) in [6.45, 7) is 2.06. The lowest BCUT2D eigenvalue weighted by Gasteiger charge is -2.16. The van der Waals surface area contributed by atoms with Crippen LogP contribution in [0.4, 0.5) is 0 Å². The van der Waals surface area contributed by atoms with Crippen molar-refractivity contribution < 1.29 is 8.42 Å². The minimum atomic E-state index is -3.36. The maximum absolute atomic E-state index is 10.8. The van der Waals surface area contributed by atoms with Gasteiger partial charge in [-0.15, -0.1) is 0 Å². The minimum absolute atomic E-state index is 0.458. The van der Waals surface area contributed by atoms with Crippen molar-refractivity contribution in [3.8, 4) is 0 Å². The van der Waals surface area contributed by atoms with E-state index in [1.54, 1.807) is 6.08 Å². The van der Waals surface area contributed by atoms with Crippen molar-refractivity contribution in [2.75, 3.05) is 0 Å². The molecule has 0 heterocycles. The molecule has 0 bridgehead atoms. The Morgan fingerprint density at radius 1 is 1.36 bits per heavy atom. The molecule has 1 rings (SSSR count). The Hall–Kier alpha value is -0.0200. The summed E-state index contributed by atoms with van der Waals surface area (Å²) in [5.41, 5.74) is 0. The molecule has 64 valence electrons. The Bertz CT molecular complexity index is 256. The van der Waals surface area contributed by atoms with Crippen molar-refractivity contribution in [2.24, 2.45) is 5.92 Å². The molecule has 2 nitrogen and oxygen atoms in total. The first-order chi connectivity index (χ1) is 5.00. The molecule has 0 saturated carbocycles. The molecule has 2 atom stereocenters. The average Bonchev–Trinajstić information content (AvgIpc) is 1.86. The predicted octanol–water partition coefficient (Wildman–Crippen LogP) is 1.91. The van der Waals surface area contributed by atoms with Gasteiger partial charge in [-0.05, 0) is 18.8 Å². The zero-order chi connectivity index (χ0) is 8.48. The van der Waals surface area contributed by atoms with Crippen LogP contribution >= 0.6 is 10.7 Å². The first-order valence-electron chi connectivity index (χ1n) is 3.62. The molecule has 0 N–H and O–H groups in total. The monoisotopic (exact) mass is 194 g/mol. The van der Waals surface area contributed by atoms with Crippen molar-refractivity contribution in [1.82, 2.24) is 0 Å². The van der Waals surface area contributed by atoms with Crippen LogP contribution in [0.2, 0.25) is 0 Å². The summed E-state index contributed by atoms with van der Waals surface area (Å²) < 4.78 is 21.6. The van der Waals surface area contributed by atoms with Crippen LogP contribution in [0.1, 0.15) is 19.8 Å². The zero-order valence-corrected chi connectivity index (χ0v) is 7.90. The van der Waals surface area contributed by atoms with Crippen LogP contribution in [-0.4, -0.2) is 13.7 Å². The van der Waals surface area contributed by atoms with Crippen molar-refractivity contribution >= 4 is 19.7 Å². The summed E-state index contributed by atoms with van der Waals surface area (Å²) in [7, 11) is 1.82. The van der Waals surface area contributed by atoms with Gasteiger partial charge >= 0.3 is 0 Å². The SMILES string of the molecule is CC1C=CC(S(=O)(=O)Cl)CC1. The quantitative estimate of drug-likeness (QED) is 0.472. The van der Waals surface area contributed by atoms with Crippen LogP contribution in [-0.2, 0) is 9.05 Å². The summed E-state index contributed by atoms with van der Waals surface area (Å²) in [6.07, 6.45) is 5.17. The first-order valence-corrected chi connectivity index (χ1v) is 5.99. The highest BCUT2D eigenvalue weighted by Crippen LogP contribution is 2.23. The van der Waals surface area contributed by atoms with E-state index in [4.69, 9.17) is 10.7 Å². The highest BCUT2D eigenvalue weighted by molar-refractivity contribution is 8.14. The number of halogens is 1. The molecule has 0 aromatic carbocycles. The second kappa shape index (κ2) is 3.15. The molecule has 1 aliphatic rings. The maximum atomic E-state index is 10.8. The summed E-state index contributed by atoms with van der Waals surface area (Å²) in [4.78, 5) is 0. The molecule has 2 unspecified atom stereocenters. The number of rotatable bonds is 1. The lowest BCUT2D eigenvalue weighted by atomic mass is 9.98. The molecule has 0 aliphatic heterocycles. The Balaban J connectivity index is 2.73. The minimum Gasteiger partial charge on any atom is -0.212 e. The lowest BCUT2D eigenvalue weighted by molar-refractivity contribution is 0.557. The van der Waals surface area contributed by atoms with Crippen LogP contribution in [0.25, 0.3) is 0 Å². The fraction of sp³-hybridized carbons (Fsp3) is 0.714. The fourth-order valence-corrected chi connectivity index (χ4v) is 2.31. The van der Waals surface area contributed by atoms with Crippen molar-refractivity contribution in [1.29, 1.82) is 0 Å². The lowest BCUT2D eigenvalue weighted by Crippen LogP contribution is -2.17. The Morgan fingerprint density at radius 2 is 2.00 bits per heavy atom. The van der Waals surface area contributed by atoms with Crippen LogP contribution in [0.3, 0.4) is 0 Å². The standard InChI is InChI=1S/C7H11ClO2S/c1-6-2-4-7(5-3-6)11(8,9)10/h2,4,6-7H,3,5H2,1H3. The van der Waals surface area contributed by atoms with E-state index < -0.39 is 14.3 Å². The van der Waals surface area contributed by atoms with Crippen LogP contribution in [0, 0.1) is 5.92 Å². The van der Waals surface area contributed by atoms with Crippen molar-refractivity contribution in [2.45, 2.75) is 25.0 Å². The number of allylic oxidation sites excluding steroid dienone is 1. The van der Waals surface area contributed by atoms with Gasteiger partial charge in [0.05, 0.1) is 5.25 Å². The van der Waals surface area contributed by atoms with E-state index in [2.05, 4.69) is 6.92 Å². The van der Waals surface area contributed by atoms with E-state index in [0.717, 1.165) is 6.42 Å². The van der Waals surface area contributed by atoms with Gasteiger partial charge in [-0.1, -0.05) is 19.1 Å². The van der Waals surface area contributed by atoms with E-state index in [-0.39, 0.29) is 0 Å². The van der Waals surface area contributed by atoms with E-state index >= 15 is 0 Å². The van der Waals surface area contributed by atoms with Gasteiger partial charge in [0, 0.05) is 10.7 Å². The van der Waals surface area contributed by atoms with E-state index in [1.165, 1.54) is 0 Å². The summed E-state index contributed by atoms with van der Waals surface area (Å²) in [5.74, 6) is 0.490. The highest BCUT2D eigenvalue weighted by atomic mass is 35.7. The number of hydrogen-bond donors (Lipinski definition) is 0. The fourth-order valence-electron chi connectivity index (χ4n) is 1.17. The van der Waals surface area contributed by atoms with E-state index in [1.807, 2.05) is 6.08 Å². The molecular weight excluding hydrogens is 184 g/mol. The van der Waals surface area contributed by atoms with Crippen LogP contribution < -0.4 is 0 Å². The van der Waals surface area contributed by atoms with Gasteiger partial charge in [0.25, 0.3) is 0 Å². The smallest absolute Gasteiger partial charge is 0.212 e. The molecule has 4 heteroatoms. The van der Waals surface area contributed by atoms with Crippen molar-refractivity contribution in [3.05, 3.63) is 12.2 Å². The molecule has 0 aromatic rings. The van der Waals surface area contributed by atoms with Gasteiger partial charge in [0.15, 0.2) is 0 Å². The highest BCUT2D eigenvalue weighted by Gasteiger charge is 2.23. The van der Waals surface area contributed by atoms with Gasteiger partial charge in [-0.3, -0.25) is 0 Å². The zero-order valence-electron chi connectivity index (χ0n) is 6.33. The van der Waals surface area contributed by atoms with Crippen LogP contribution in [0.5, 0.6) is 0 Å². The van der Waals surface area contributed by atoms with E-state index in [0.29, 0.717) is 12.3 Å². The molecular formula is C7H11ClO2S. The van der Waals surface area contributed by atoms with Crippen molar-refractivity contribution in [3.63, 3.8) is 0 Å². The van der Waals surface area contributed by atoms with Gasteiger partial charge in [0.2, 0.25) is 9.05 Å². The molecule has 0 amide bonds. The largest absolute Gasteiger partial charge is 0.239 e.